The molecular weight excluding hydrogens is 545 g/mol. The van der Waals surface area contributed by atoms with E-state index in [1.54, 1.807) is 44.4 Å². The van der Waals surface area contributed by atoms with Gasteiger partial charge in [-0.05, 0) is 61.4 Å². The SMILES string of the molecule is COc1ccc(C2=[N+]3C(=Cc4c(C)cc(CCC(=O)ON5C(=O)CCC5=O)n4[B-]3(F)F)C(CCC[N+](C)(C)C)=C2)cc1. The van der Waals surface area contributed by atoms with E-state index >= 15 is 8.63 Å². The highest BCUT2D eigenvalue weighted by Gasteiger charge is 2.54. The number of aryl methyl sites for hydroxylation is 2. The number of hydroxylamine groups is 2. The Bertz CT molecular complexity index is 1530. The zero-order chi connectivity index (χ0) is 30.4. The summed E-state index contributed by atoms with van der Waals surface area (Å²) in [5.74, 6) is -1.37. The Labute approximate surface area is 243 Å². The van der Waals surface area contributed by atoms with Crippen LogP contribution < -0.4 is 4.74 Å². The molecule has 0 bridgehead atoms. The normalized spacial score (nSPS) is 17.7. The smallest absolute Gasteiger partial charge is 0.497 e. The van der Waals surface area contributed by atoms with Crippen LogP contribution in [0.2, 0.25) is 0 Å². The largest absolute Gasteiger partial charge is 0.737 e. The molecule has 1 aromatic heterocycles. The molecule has 3 aliphatic heterocycles. The lowest BCUT2D eigenvalue weighted by atomic mass is 9.88. The molecular formula is C30H36BF2N4O5+. The number of hydrogen-bond acceptors (Lipinski definition) is 5. The minimum atomic E-state index is -4.34. The highest BCUT2D eigenvalue weighted by atomic mass is 19.2. The maximum Gasteiger partial charge on any atom is 0.737 e. The molecule has 0 N–H and O–H groups in total. The van der Waals surface area contributed by atoms with E-state index in [2.05, 4.69) is 21.1 Å². The maximum absolute atomic E-state index is 16.8. The third-order valence-electron chi connectivity index (χ3n) is 7.85. The molecule has 0 saturated carbocycles. The van der Waals surface area contributed by atoms with E-state index in [-0.39, 0.29) is 31.4 Å². The summed E-state index contributed by atoms with van der Waals surface area (Å²) in [7, 11) is 7.88. The molecule has 0 spiro atoms. The van der Waals surface area contributed by atoms with Crippen molar-refractivity contribution >= 4 is 36.5 Å². The van der Waals surface area contributed by atoms with Crippen LogP contribution in [0.1, 0.15) is 54.6 Å². The summed E-state index contributed by atoms with van der Waals surface area (Å²) in [4.78, 5) is 41.0. The van der Waals surface area contributed by atoms with Gasteiger partial charge in [0.1, 0.15) is 5.75 Å². The van der Waals surface area contributed by atoms with Gasteiger partial charge in [0.2, 0.25) is 0 Å². The molecule has 1 saturated heterocycles. The highest BCUT2D eigenvalue weighted by Crippen LogP contribution is 2.39. The molecule has 5 rings (SSSR count). The number of quaternary nitrogens is 1. The number of fused-ring (bicyclic) bond motifs is 2. The first-order chi connectivity index (χ1) is 19.8. The molecule has 42 heavy (non-hydrogen) atoms. The zero-order valence-corrected chi connectivity index (χ0v) is 24.7. The summed E-state index contributed by atoms with van der Waals surface area (Å²) in [5, 5.41) is 0.473. The highest BCUT2D eigenvalue weighted by molar-refractivity contribution is 6.58. The number of carbonyl (C=O) groups is 3. The summed E-state index contributed by atoms with van der Waals surface area (Å²) in [5.41, 5.74) is 3.72. The van der Waals surface area contributed by atoms with E-state index in [9.17, 15) is 14.4 Å². The van der Waals surface area contributed by atoms with Crippen LogP contribution in [0.15, 0.2) is 47.7 Å². The van der Waals surface area contributed by atoms with Crippen molar-refractivity contribution in [2.24, 2.45) is 0 Å². The van der Waals surface area contributed by atoms with E-state index in [0.717, 1.165) is 32.0 Å². The number of halogens is 2. The molecule has 1 aromatic carbocycles. The topological polar surface area (TPSA) is 80.9 Å². The van der Waals surface area contributed by atoms with Gasteiger partial charge in [-0.3, -0.25) is 9.59 Å². The van der Waals surface area contributed by atoms with Crippen molar-refractivity contribution in [1.29, 1.82) is 0 Å². The predicted molar refractivity (Wildman–Crippen MR) is 154 cm³/mol. The summed E-state index contributed by atoms with van der Waals surface area (Å²) in [6, 6.07) is 8.72. The van der Waals surface area contributed by atoms with Crippen LogP contribution in [0.25, 0.3) is 6.08 Å². The van der Waals surface area contributed by atoms with Crippen LogP contribution in [0.3, 0.4) is 0 Å². The summed E-state index contributed by atoms with van der Waals surface area (Å²) >= 11 is 0. The number of carbonyl (C=O) groups excluding carboxylic acids is 3. The number of hydrogen-bond donors (Lipinski definition) is 0. The Balaban J connectivity index is 1.49. The Morgan fingerprint density at radius 3 is 2.33 bits per heavy atom. The number of imide groups is 1. The second-order valence-corrected chi connectivity index (χ2v) is 12.0. The lowest BCUT2D eigenvalue weighted by molar-refractivity contribution is -0.870. The molecule has 2 amide bonds. The molecule has 222 valence electrons. The van der Waals surface area contributed by atoms with Gasteiger partial charge >= 0.3 is 12.9 Å². The quantitative estimate of drug-likeness (QED) is 0.242. The Hall–Kier alpha value is -4.06. The standard InChI is InChI=1S/C30H36BF2N4O5/c1-20-17-23(10-15-30(40)42-36-28(38)13-14-29(36)39)34-25(20)19-27-22(7-6-16-37(2,3)4)18-26(35(27)31(34,32)33)21-8-11-24(41-5)12-9-21/h8-9,11-12,17-19H,6-7,10,13-16H2,1-5H3/q+1. The molecule has 0 atom stereocenters. The Morgan fingerprint density at radius 1 is 1.05 bits per heavy atom. The van der Waals surface area contributed by atoms with Gasteiger partial charge in [0.25, 0.3) is 11.8 Å². The van der Waals surface area contributed by atoms with Crippen LogP contribution in [0.5, 0.6) is 5.75 Å². The number of benzene rings is 1. The van der Waals surface area contributed by atoms with Gasteiger partial charge in [-0.25, -0.2) is 4.79 Å². The average molecular weight is 581 g/mol. The molecule has 9 nitrogen and oxygen atoms in total. The fourth-order valence-corrected chi connectivity index (χ4v) is 5.78. The first kappa shape index (κ1) is 29.4. The Kier molecular flexibility index (Phi) is 7.69. The maximum atomic E-state index is 16.8. The second kappa shape index (κ2) is 11.0. The van der Waals surface area contributed by atoms with Crippen molar-refractivity contribution in [3.8, 4) is 5.75 Å². The van der Waals surface area contributed by atoms with Crippen molar-refractivity contribution in [3.63, 3.8) is 0 Å². The zero-order valence-electron chi connectivity index (χ0n) is 24.7. The Morgan fingerprint density at radius 2 is 1.71 bits per heavy atom. The van der Waals surface area contributed by atoms with E-state index in [0.29, 0.717) is 45.5 Å². The van der Waals surface area contributed by atoms with Gasteiger partial charge in [0.05, 0.1) is 41.2 Å². The lowest BCUT2D eigenvalue weighted by Crippen LogP contribution is -2.51. The van der Waals surface area contributed by atoms with Crippen LogP contribution in [-0.2, 0) is 25.6 Å². The third-order valence-corrected chi connectivity index (χ3v) is 7.85. The monoisotopic (exact) mass is 581 g/mol. The molecule has 4 heterocycles. The van der Waals surface area contributed by atoms with Gasteiger partial charge in [-0.15, -0.1) is 5.06 Å². The summed E-state index contributed by atoms with van der Waals surface area (Å²) in [6.07, 6.45) is 4.80. The van der Waals surface area contributed by atoms with Gasteiger partial charge in [0, 0.05) is 48.2 Å². The number of allylic oxidation sites excluding steroid dienone is 2. The predicted octanol–water partition coefficient (Wildman–Crippen LogP) is 3.85. The van der Waals surface area contributed by atoms with Crippen molar-refractivity contribution in [3.05, 3.63) is 70.2 Å². The third kappa shape index (κ3) is 5.55. The molecule has 12 heteroatoms. The molecule has 3 aliphatic rings. The first-order valence-corrected chi connectivity index (χ1v) is 14.1. The summed E-state index contributed by atoms with van der Waals surface area (Å²) < 4.78 is 41.7. The van der Waals surface area contributed by atoms with E-state index in [4.69, 9.17) is 9.57 Å². The average Bonchev–Trinajstić information content (AvgIpc) is 3.57. The lowest BCUT2D eigenvalue weighted by Gasteiger charge is -2.32. The first-order valence-electron chi connectivity index (χ1n) is 14.1. The van der Waals surface area contributed by atoms with E-state index in [1.165, 1.54) is 0 Å². The van der Waals surface area contributed by atoms with Gasteiger partial charge < -0.3 is 31.7 Å². The molecule has 1 fully saturated rings. The van der Waals surface area contributed by atoms with E-state index in [1.807, 2.05) is 12.2 Å². The van der Waals surface area contributed by atoms with Crippen LogP contribution >= 0.6 is 0 Å². The van der Waals surface area contributed by atoms with Crippen molar-refractivity contribution in [2.45, 2.75) is 45.4 Å². The minimum absolute atomic E-state index is 0.0187. The van der Waals surface area contributed by atoms with Crippen LogP contribution in [0, 0.1) is 6.92 Å². The van der Waals surface area contributed by atoms with Crippen molar-refractivity contribution in [2.75, 3.05) is 34.8 Å². The number of ether oxygens (including phenoxy) is 1. The molecule has 0 unspecified atom stereocenters. The van der Waals surface area contributed by atoms with Crippen molar-refractivity contribution < 1.29 is 41.6 Å². The van der Waals surface area contributed by atoms with E-state index < -0.39 is 24.8 Å². The minimum Gasteiger partial charge on any atom is -0.497 e. The van der Waals surface area contributed by atoms with Crippen LogP contribution in [-0.4, -0.2) is 83.8 Å². The fraction of sp³-hybridized carbons (Fsp3) is 0.400. The molecule has 2 aromatic rings. The van der Waals surface area contributed by atoms with Gasteiger partial charge in [-0.2, -0.15) is 0 Å². The van der Waals surface area contributed by atoms with Gasteiger partial charge in [-0.1, -0.05) is 0 Å². The number of aromatic nitrogens is 1. The number of rotatable bonds is 10. The van der Waals surface area contributed by atoms with Crippen molar-refractivity contribution in [1.82, 2.24) is 9.54 Å². The van der Waals surface area contributed by atoms with Gasteiger partial charge in [0.15, 0.2) is 11.4 Å². The fourth-order valence-electron chi connectivity index (χ4n) is 5.78. The number of nitrogens with zero attached hydrogens (tertiary/aromatic N) is 4. The second-order valence-electron chi connectivity index (χ2n) is 12.0. The summed E-state index contributed by atoms with van der Waals surface area (Å²) in [6.45, 7) is -1.67. The molecule has 0 radical (unpaired) electrons. The molecule has 0 aliphatic carbocycles. The number of methoxy groups -OCH3 is 1. The number of amides is 2. The van der Waals surface area contributed by atoms with Crippen LogP contribution in [0.4, 0.5) is 8.63 Å².